The van der Waals surface area contributed by atoms with E-state index in [9.17, 15) is 14.4 Å². The van der Waals surface area contributed by atoms with Gasteiger partial charge in [-0.3, -0.25) is 9.69 Å². The highest BCUT2D eigenvalue weighted by Crippen LogP contribution is 2.24. The van der Waals surface area contributed by atoms with Crippen molar-refractivity contribution >= 4 is 28.7 Å². The minimum Gasteiger partial charge on any atom is -0.478 e. The number of aliphatic carboxylic acids is 2. The fraction of sp³-hybridized carbons (Fsp3) is 0.350. The van der Waals surface area contributed by atoms with Crippen molar-refractivity contribution in [3.05, 3.63) is 48.2 Å². The van der Waals surface area contributed by atoms with E-state index in [1.165, 1.54) is 16.6 Å². The van der Waals surface area contributed by atoms with E-state index < -0.39 is 11.9 Å². The monoisotopic (exact) mass is 387 g/mol. The molecule has 2 aromatic rings. The van der Waals surface area contributed by atoms with Gasteiger partial charge in [-0.1, -0.05) is 18.2 Å². The molecule has 8 heteroatoms. The maximum absolute atomic E-state index is 12.4. The van der Waals surface area contributed by atoms with Crippen LogP contribution in [0, 0.1) is 0 Å². The number of likely N-dealkylation sites (N-methyl/N-ethyl adjacent to an activating group) is 1. The van der Waals surface area contributed by atoms with E-state index in [1.54, 1.807) is 0 Å². The third kappa shape index (κ3) is 5.20. The number of hydrogen-bond donors (Lipinski definition) is 2. The second-order valence-corrected chi connectivity index (χ2v) is 6.76. The molecule has 2 heterocycles. The first-order valence-corrected chi connectivity index (χ1v) is 8.87. The standard InChI is InChI=1S/C16H21N3O.C4H4O4/c1-12(17(2)3)16(20)18-8-9-19-14(11-18)10-13-6-4-5-7-15(13)19;5-3(6)1-2-4(7)8/h4-7,10,12H,8-9,11H2,1-3H3;1-2H,(H,5,6)(H,7,8). The molecule has 0 saturated carbocycles. The van der Waals surface area contributed by atoms with Crippen LogP contribution < -0.4 is 0 Å². The molecule has 0 bridgehead atoms. The van der Waals surface area contributed by atoms with Crippen molar-refractivity contribution in [3.8, 4) is 0 Å². The number of carbonyl (C=O) groups excluding carboxylic acids is 1. The van der Waals surface area contributed by atoms with Gasteiger partial charge in [0.15, 0.2) is 0 Å². The normalized spacial score (nSPS) is 14.5. The summed E-state index contributed by atoms with van der Waals surface area (Å²) in [7, 11) is 3.90. The lowest BCUT2D eigenvalue weighted by atomic mass is 10.2. The average Bonchev–Trinajstić information content (AvgIpc) is 3.03. The van der Waals surface area contributed by atoms with E-state index in [0.717, 1.165) is 13.1 Å². The Morgan fingerprint density at radius 2 is 1.68 bits per heavy atom. The summed E-state index contributed by atoms with van der Waals surface area (Å²) in [5, 5.41) is 16.9. The summed E-state index contributed by atoms with van der Waals surface area (Å²) < 4.78 is 2.33. The number of carboxylic acids is 2. The molecule has 0 radical (unpaired) electrons. The number of amides is 1. The summed E-state index contributed by atoms with van der Waals surface area (Å²) >= 11 is 0. The molecule has 1 aliphatic rings. The number of hydrogen-bond acceptors (Lipinski definition) is 4. The first-order valence-electron chi connectivity index (χ1n) is 8.87. The molecule has 0 saturated heterocycles. The summed E-state index contributed by atoms with van der Waals surface area (Å²) in [6, 6.07) is 10.6. The molecule has 2 N–H and O–H groups in total. The molecule has 1 amide bonds. The third-order valence-corrected chi connectivity index (χ3v) is 4.65. The van der Waals surface area contributed by atoms with E-state index in [1.807, 2.05) is 30.8 Å². The van der Waals surface area contributed by atoms with E-state index in [0.29, 0.717) is 18.7 Å². The van der Waals surface area contributed by atoms with Crippen molar-refractivity contribution in [2.45, 2.75) is 26.1 Å². The number of carboxylic acid groups (broad SMARTS) is 2. The number of para-hydroxylation sites is 1. The molecular formula is C20H25N3O5. The number of benzene rings is 1. The molecule has 1 aromatic carbocycles. The Balaban J connectivity index is 0.000000300. The van der Waals surface area contributed by atoms with Gasteiger partial charge in [0, 0.05) is 36.5 Å². The fourth-order valence-corrected chi connectivity index (χ4v) is 2.97. The molecule has 0 aliphatic carbocycles. The summed E-state index contributed by atoms with van der Waals surface area (Å²) in [5.41, 5.74) is 2.51. The number of carbonyl (C=O) groups is 3. The van der Waals surface area contributed by atoms with E-state index in [-0.39, 0.29) is 11.9 Å². The smallest absolute Gasteiger partial charge is 0.328 e. The third-order valence-electron chi connectivity index (χ3n) is 4.65. The molecule has 1 unspecified atom stereocenters. The molecule has 28 heavy (non-hydrogen) atoms. The zero-order valence-corrected chi connectivity index (χ0v) is 16.2. The molecule has 8 nitrogen and oxygen atoms in total. The van der Waals surface area contributed by atoms with Gasteiger partial charge in [-0.05, 0) is 38.5 Å². The van der Waals surface area contributed by atoms with Crippen molar-refractivity contribution in [1.82, 2.24) is 14.4 Å². The van der Waals surface area contributed by atoms with E-state index in [4.69, 9.17) is 10.2 Å². The van der Waals surface area contributed by atoms with E-state index >= 15 is 0 Å². The predicted molar refractivity (Wildman–Crippen MR) is 105 cm³/mol. The van der Waals surface area contributed by atoms with Gasteiger partial charge in [0.1, 0.15) is 0 Å². The fourth-order valence-electron chi connectivity index (χ4n) is 2.97. The van der Waals surface area contributed by atoms with Crippen molar-refractivity contribution in [3.63, 3.8) is 0 Å². The minimum atomic E-state index is -1.26. The van der Waals surface area contributed by atoms with Gasteiger partial charge in [0.05, 0.1) is 12.6 Å². The van der Waals surface area contributed by atoms with E-state index in [2.05, 4.69) is 34.9 Å². The predicted octanol–water partition coefficient (Wildman–Crippen LogP) is 1.65. The van der Waals surface area contributed by atoms with Crippen LogP contribution in [0.2, 0.25) is 0 Å². The van der Waals surface area contributed by atoms with Crippen molar-refractivity contribution in [2.24, 2.45) is 0 Å². The Morgan fingerprint density at radius 1 is 1.07 bits per heavy atom. The summed E-state index contributed by atoms with van der Waals surface area (Å²) in [6.45, 7) is 4.36. The lowest BCUT2D eigenvalue weighted by Crippen LogP contribution is -2.47. The number of aromatic nitrogens is 1. The SMILES string of the molecule is CC(C(=O)N1CCn2c(cc3ccccc32)C1)N(C)C.O=C(O)C=CC(=O)O. The molecule has 0 fully saturated rings. The Kier molecular flexibility index (Phi) is 6.94. The van der Waals surface area contributed by atoms with Crippen molar-refractivity contribution in [2.75, 3.05) is 20.6 Å². The van der Waals surface area contributed by atoms with Crippen LogP contribution in [-0.4, -0.2) is 69.1 Å². The van der Waals surface area contributed by atoms with Crippen LogP contribution >= 0.6 is 0 Å². The molecule has 0 spiro atoms. The Morgan fingerprint density at radius 3 is 2.25 bits per heavy atom. The highest BCUT2D eigenvalue weighted by molar-refractivity contribution is 5.89. The topological polar surface area (TPSA) is 103 Å². The second-order valence-electron chi connectivity index (χ2n) is 6.76. The van der Waals surface area contributed by atoms with Crippen LogP contribution in [-0.2, 0) is 27.5 Å². The summed E-state index contributed by atoms with van der Waals surface area (Å²) in [6.07, 6.45) is 1.12. The summed E-state index contributed by atoms with van der Waals surface area (Å²) in [4.78, 5) is 35.5. The molecule has 3 rings (SSSR count). The highest BCUT2D eigenvalue weighted by atomic mass is 16.4. The van der Waals surface area contributed by atoms with Crippen molar-refractivity contribution < 1.29 is 24.6 Å². The van der Waals surface area contributed by atoms with Gasteiger partial charge in [-0.15, -0.1) is 0 Å². The molecule has 1 aliphatic heterocycles. The van der Waals surface area contributed by atoms with Gasteiger partial charge < -0.3 is 19.7 Å². The Labute approximate surface area is 163 Å². The maximum atomic E-state index is 12.4. The quantitative estimate of drug-likeness (QED) is 0.773. The van der Waals surface area contributed by atoms with Crippen LogP contribution in [0.5, 0.6) is 0 Å². The Bertz CT molecular complexity index is 884. The van der Waals surface area contributed by atoms with Crippen LogP contribution in [0.1, 0.15) is 12.6 Å². The van der Waals surface area contributed by atoms with Gasteiger partial charge in [-0.25, -0.2) is 9.59 Å². The molecule has 1 aromatic heterocycles. The lowest BCUT2D eigenvalue weighted by molar-refractivity contribution is -0.137. The first kappa shape index (κ1) is 21.2. The molecule has 150 valence electrons. The first-order chi connectivity index (χ1) is 13.2. The van der Waals surface area contributed by atoms with Gasteiger partial charge in [0.2, 0.25) is 5.91 Å². The maximum Gasteiger partial charge on any atom is 0.328 e. The van der Waals surface area contributed by atoms with Gasteiger partial charge >= 0.3 is 11.9 Å². The van der Waals surface area contributed by atoms with Crippen LogP contribution in [0.4, 0.5) is 0 Å². The Hall–Kier alpha value is -3.13. The van der Waals surface area contributed by atoms with Crippen LogP contribution in [0.25, 0.3) is 10.9 Å². The second kappa shape index (κ2) is 9.18. The lowest BCUT2D eigenvalue weighted by Gasteiger charge is -2.32. The van der Waals surface area contributed by atoms with Crippen molar-refractivity contribution in [1.29, 1.82) is 0 Å². The van der Waals surface area contributed by atoms with Gasteiger partial charge in [0.25, 0.3) is 0 Å². The number of nitrogens with zero attached hydrogens (tertiary/aromatic N) is 3. The largest absolute Gasteiger partial charge is 0.478 e. The zero-order valence-electron chi connectivity index (χ0n) is 16.2. The summed E-state index contributed by atoms with van der Waals surface area (Å²) in [5.74, 6) is -2.30. The molecule has 1 atom stereocenters. The van der Waals surface area contributed by atoms with Crippen LogP contribution in [0.3, 0.4) is 0 Å². The molecular weight excluding hydrogens is 362 g/mol. The highest BCUT2D eigenvalue weighted by Gasteiger charge is 2.26. The number of rotatable bonds is 4. The minimum absolute atomic E-state index is 0.0640. The number of fused-ring (bicyclic) bond motifs is 3. The van der Waals surface area contributed by atoms with Gasteiger partial charge in [-0.2, -0.15) is 0 Å². The van der Waals surface area contributed by atoms with Crippen LogP contribution in [0.15, 0.2) is 42.5 Å². The zero-order chi connectivity index (χ0) is 20.8. The average molecular weight is 387 g/mol.